The summed E-state index contributed by atoms with van der Waals surface area (Å²) in [6.45, 7) is 0. The first-order valence-corrected chi connectivity index (χ1v) is 6.78. The zero-order valence-corrected chi connectivity index (χ0v) is 12.2. The lowest BCUT2D eigenvalue weighted by Crippen LogP contribution is -2.22. The zero-order chi connectivity index (χ0) is 18.2. The van der Waals surface area contributed by atoms with E-state index in [0.29, 0.717) is 0 Å². The summed E-state index contributed by atoms with van der Waals surface area (Å²) in [5.41, 5.74) is -1.26. The lowest BCUT2D eigenvalue weighted by Gasteiger charge is -2.11. The zero-order valence-electron chi connectivity index (χ0n) is 12.2. The molecule has 0 N–H and O–H groups in total. The Hall–Kier alpha value is -3.43. The van der Waals surface area contributed by atoms with Crippen LogP contribution in [0.4, 0.5) is 18.9 Å². The van der Waals surface area contributed by atoms with Crippen molar-refractivity contribution in [2.75, 3.05) is 0 Å². The monoisotopic (exact) mass is 351 g/mol. The molecule has 0 aliphatic carbocycles. The van der Waals surface area contributed by atoms with E-state index >= 15 is 0 Å². The molecule has 1 heterocycles. The van der Waals surface area contributed by atoms with E-state index in [1.807, 2.05) is 0 Å². The number of benzene rings is 2. The Morgan fingerprint density at radius 1 is 1.16 bits per heavy atom. The molecule has 1 aromatic heterocycles. The van der Waals surface area contributed by atoms with Gasteiger partial charge < -0.3 is 4.74 Å². The Balaban J connectivity index is 2.19. The molecule has 0 amide bonds. The third-order valence-corrected chi connectivity index (χ3v) is 3.29. The number of fused-ring (bicyclic) bond motifs is 1. The van der Waals surface area contributed by atoms with Gasteiger partial charge in [-0.05, 0) is 12.1 Å². The highest BCUT2D eigenvalue weighted by atomic mass is 19.4. The molecule has 0 aliphatic heterocycles. The number of nitro groups is 1. The van der Waals surface area contributed by atoms with Gasteiger partial charge in [-0.25, -0.2) is 0 Å². The summed E-state index contributed by atoms with van der Waals surface area (Å²) in [7, 11) is 0. The van der Waals surface area contributed by atoms with Gasteiger partial charge in [0.2, 0.25) is 0 Å². The summed E-state index contributed by atoms with van der Waals surface area (Å²) in [5, 5.41) is 15.0. The number of halogens is 3. The van der Waals surface area contributed by atoms with E-state index in [-0.39, 0.29) is 16.5 Å². The second-order valence-corrected chi connectivity index (χ2v) is 4.91. The van der Waals surface area contributed by atoms with Gasteiger partial charge in [0.15, 0.2) is 0 Å². The van der Waals surface area contributed by atoms with Crippen LogP contribution in [-0.4, -0.2) is 21.1 Å². The molecular weight excluding hydrogens is 343 g/mol. The molecule has 0 aliphatic rings. The van der Waals surface area contributed by atoms with Crippen molar-refractivity contribution in [1.29, 1.82) is 0 Å². The van der Waals surface area contributed by atoms with Crippen molar-refractivity contribution in [3.8, 4) is 11.4 Å². The van der Waals surface area contributed by atoms with E-state index in [9.17, 15) is 28.1 Å². The smallest absolute Gasteiger partial charge is 0.406 e. The maximum atomic E-state index is 12.6. The SMILES string of the molecule is O=c1c2c([N+](=O)[O-])cccc2cnn1-c1cccc(OC(F)(F)F)c1. The Morgan fingerprint density at radius 3 is 2.56 bits per heavy atom. The Labute approximate surface area is 137 Å². The minimum Gasteiger partial charge on any atom is -0.406 e. The standard InChI is InChI=1S/C15H8F3N3O4/c16-15(17,18)25-11-5-2-4-10(7-11)20-14(22)13-9(8-19-20)3-1-6-12(13)21(23)24/h1-8H. The molecule has 0 atom stereocenters. The minimum absolute atomic E-state index is 0.0215. The first-order chi connectivity index (χ1) is 11.8. The summed E-state index contributed by atoms with van der Waals surface area (Å²) in [6, 6.07) is 8.64. The molecule has 0 bridgehead atoms. The van der Waals surface area contributed by atoms with Gasteiger partial charge >= 0.3 is 6.36 Å². The molecular formula is C15H8F3N3O4. The summed E-state index contributed by atoms with van der Waals surface area (Å²) in [4.78, 5) is 23.0. The van der Waals surface area contributed by atoms with Crippen LogP contribution in [0.5, 0.6) is 5.75 Å². The first-order valence-electron chi connectivity index (χ1n) is 6.78. The van der Waals surface area contributed by atoms with Crippen LogP contribution in [0, 0.1) is 10.1 Å². The second-order valence-electron chi connectivity index (χ2n) is 4.91. The number of nitro benzene ring substituents is 1. The van der Waals surface area contributed by atoms with Gasteiger partial charge in [-0.2, -0.15) is 9.78 Å². The summed E-state index contributed by atoms with van der Waals surface area (Å²) >= 11 is 0. The van der Waals surface area contributed by atoms with Crippen LogP contribution >= 0.6 is 0 Å². The van der Waals surface area contributed by atoms with Gasteiger partial charge in [-0.15, -0.1) is 13.2 Å². The van der Waals surface area contributed by atoms with E-state index in [1.165, 1.54) is 30.5 Å². The van der Waals surface area contributed by atoms with Crippen molar-refractivity contribution in [2.24, 2.45) is 0 Å². The fourth-order valence-corrected chi connectivity index (χ4v) is 2.32. The fraction of sp³-hybridized carbons (Fsp3) is 0.0667. The molecule has 0 spiro atoms. The normalized spacial score (nSPS) is 11.5. The van der Waals surface area contributed by atoms with E-state index in [2.05, 4.69) is 9.84 Å². The van der Waals surface area contributed by atoms with Crippen LogP contribution in [0.15, 0.2) is 53.5 Å². The van der Waals surface area contributed by atoms with E-state index in [1.54, 1.807) is 0 Å². The predicted molar refractivity (Wildman–Crippen MR) is 80.7 cm³/mol. The molecule has 3 aromatic rings. The third-order valence-electron chi connectivity index (χ3n) is 3.29. The summed E-state index contributed by atoms with van der Waals surface area (Å²) < 4.78 is 41.5. The van der Waals surface area contributed by atoms with Crippen molar-refractivity contribution in [3.05, 3.63) is 69.1 Å². The minimum atomic E-state index is -4.89. The van der Waals surface area contributed by atoms with Crippen molar-refractivity contribution < 1.29 is 22.8 Å². The highest BCUT2D eigenvalue weighted by Crippen LogP contribution is 2.25. The van der Waals surface area contributed by atoms with Crippen LogP contribution in [0.3, 0.4) is 0 Å². The topological polar surface area (TPSA) is 87.3 Å². The number of aromatic nitrogens is 2. The van der Waals surface area contributed by atoms with Crippen LogP contribution in [0.25, 0.3) is 16.5 Å². The molecule has 7 nitrogen and oxygen atoms in total. The number of ether oxygens (including phenoxy) is 1. The third kappa shape index (κ3) is 3.27. The Kier molecular flexibility index (Phi) is 3.87. The van der Waals surface area contributed by atoms with Crippen molar-refractivity contribution in [1.82, 2.24) is 9.78 Å². The maximum absolute atomic E-state index is 12.6. The highest BCUT2D eigenvalue weighted by Gasteiger charge is 2.31. The number of rotatable bonds is 3. The quantitative estimate of drug-likeness (QED) is 0.534. The van der Waals surface area contributed by atoms with Gasteiger partial charge in [0.1, 0.15) is 11.1 Å². The summed E-state index contributed by atoms with van der Waals surface area (Å²) in [5.74, 6) is -0.540. The van der Waals surface area contributed by atoms with Gasteiger partial charge in [0.25, 0.3) is 11.2 Å². The van der Waals surface area contributed by atoms with Gasteiger partial charge in [0.05, 0.1) is 16.8 Å². The van der Waals surface area contributed by atoms with Crippen LogP contribution in [0.1, 0.15) is 0 Å². The van der Waals surface area contributed by atoms with Crippen LogP contribution in [-0.2, 0) is 0 Å². The summed E-state index contributed by atoms with van der Waals surface area (Å²) in [6.07, 6.45) is -3.67. The number of hydrogen-bond donors (Lipinski definition) is 0. The number of hydrogen-bond acceptors (Lipinski definition) is 5. The molecule has 0 fully saturated rings. The average molecular weight is 351 g/mol. The van der Waals surface area contributed by atoms with Crippen molar-refractivity contribution in [3.63, 3.8) is 0 Å². The fourth-order valence-electron chi connectivity index (χ4n) is 2.32. The molecule has 0 unspecified atom stereocenters. The lowest BCUT2D eigenvalue weighted by molar-refractivity contribution is -0.383. The van der Waals surface area contributed by atoms with Gasteiger partial charge in [-0.3, -0.25) is 14.9 Å². The highest BCUT2D eigenvalue weighted by molar-refractivity contribution is 5.89. The molecule has 3 rings (SSSR count). The Morgan fingerprint density at radius 2 is 1.88 bits per heavy atom. The van der Waals surface area contributed by atoms with Crippen molar-refractivity contribution >= 4 is 16.5 Å². The number of non-ortho nitro benzene ring substituents is 1. The van der Waals surface area contributed by atoms with Crippen molar-refractivity contribution in [2.45, 2.75) is 6.36 Å². The molecule has 10 heteroatoms. The van der Waals surface area contributed by atoms with Crippen LogP contribution < -0.4 is 10.3 Å². The molecule has 2 aromatic carbocycles. The van der Waals surface area contributed by atoms with Gasteiger partial charge in [0, 0.05) is 17.5 Å². The second kappa shape index (κ2) is 5.89. The lowest BCUT2D eigenvalue weighted by atomic mass is 10.1. The molecule has 0 saturated heterocycles. The molecule has 0 saturated carbocycles. The number of alkyl halides is 3. The first kappa shape index (κ1) is 16.4. The van der Waals surface area contributed by atoms with E-state index in [0.717, 1.165) is 22.9 Å². The molecule has 0 radical (unpaired) electrons. The largest absolute Gasteiger partial charge is 0.573 e. The van der Waals surface area contributed by atoms with Gasteiger partial charge in [-0.1, -0.05) is 18.2 Å². The number of nitrogens with zero attached hydrogens (tertiary/aromatic N) is 3. The Bertz CT molecular complexity index is 1030. The predicted octanol–water partition coefficient (Wildman–Crippen LogP) is 3.19. The van der Waals surface area contributed by atoms with E-state index in [4.69, 9.17) is 0 Å². The molecule has 128 valence electrons. The van der Waals surface area contributed by atoms with E-state index < -0.39 is 28.3 Å². The maximum Gasteiger partial charge on any atom is 0.573 e. The average Bonchev–Trinajstić information content (AvgIpc) is 2.53. The van der Waals surface area contributed by atoms with Crippen LogP contribution in [0.2, 0.25) is 0 Å². The molecule has 25 heavy (non-hydrogen) atoms.